The summed E-state index contributed by atoms with van der Waals surface area (Å²) in [6, 6.07) is 22.8. The number of nitriles is 2. The highest BCUT2D eigenvalue weighted by Gasteiger charge is 2.19. The van der Waals surface area contributed by atoms with E-state index in [0.717, 1.165) is 11.3 Å². The van der Waals surface area contributed by atoms with Crippen molar-refractivity contribution in [2.45, 2.75) is 0 Å². The molecule has 0 aliphatic heterocycles. The molecule has 0 bridgehead atoms. The summed E-state index contributed by atoms with van der Waals surface area (Å²) in [6.07, 6.45) is 1.69. The van der Waals surface area contributed by atoms with Crippen molar-refractivity contribution in [1.82, 2.24) is 9.78 Å². The minimum atomic E-state index is 0.197. The summed E-state index contributed by atoms with van der Waals surface area (Å²) in [5, 5.41) is 23.4. The fourth-order valence-electron chi connectivity index (χ4n) is 2.37. The summed E-state index contributed by atoms with van der Waals surface area (Å²) in [6.45, 7) is 0. The second-order valence-corrected chi connectivity index (χ2v) is 5.05. The zero-order chi connectivity index (χ0) is 16.9. The van der Waals surface area contributed by atoms with E-state index >= 15 is 0 Å². The van der Waals surface area contributed by atoms with E-state index in [4.69, 9.17) is 5.73 Å². The lowest BCUT2D eigenvalue weighted by Gasteiger charge is -2.02. The molecule has 0 atom stereocenters. The van der Waals surface area contributed by atoms with E-state index in [0.29, 0.717) is 5.57 Å². The molecule has 3 aromatic rings. The minimum absolute atomic E-state index is 0.197. The van der Waals surface area contributed by atoms with E-state index in [2.05, 4.69) is 17.2 Å². The largest absolute Gasteiger partial charge is 0.382 e. The molecule has 2 N–H and O–H groups in total. The van der Waals surface area contributed by atoms with Crippen molar-refractivity contribution >= 4 is 17.5 Å². The highest BCUT2D eigenvalue weighted by molar-refractivity contribution is 5.91. The third kappa shape index (κ3) is 2.75. The molecule has 0 aliphatic rings. The van der Waals surface area contributed by atoms with Gasteiger partial charge in [-0.25, -0.2) is 4.68 Å². The number of nitrogen functional groups attached to an aromatic ring is 1. The van der Waals surface area contributed by atoms with E-state index in [1.165, 1.54) is 4.68 Å². The van der Waals surface area contributed by atoms with Gasteiger partial charge in [0.05, 0.1) is 11.3 Å². The normalized spacial score (nSPS) is 10.8. The number of nitrogens with zero attached hydrogens (tertiary/aromatic N) is 4. The molecular formula is C19H13N5. The van der Waals surface area contributed by atoms with Crippen LogP contribution in [0.15, 0.2) is 60.7 Å². The van der Waals surface area contributed by atoms with Gasteiger partial charge in [0, 0.05) is 0 Å². The van der Waals surface area contributed by atoms with Crippen LogP contribution in [-0.4, -0.2) is 9.78 Å². The van der Waals surface area contributed by atoms with Crippen LogP contribution in [0.1, 0.15) is 16.8 Å². The van der Waals surface area contributed by atoms with Gasteiger partial charge < -0.3 is 5.73 Å². The molecule has 5 heteroatoms. The van der Waals surface area contributed by atoms with Gasteiger partial charge >= 0.3 is 0 Å². The predicted octanol–water partition coefficient (Wildman–Crippen LogP) is 3.39. The van der Waals surface area contributed by atoms with Crippen LogP contribution in [0.4, 0.5) is 5.82 Å². The average molecular weight is 311 g/mol. The van der Waals surface area contributed by atoms with Gasteiger partial charge in [0.15, 0.2) is 0 Å². The van der Waals surface area contributed by atoms with Crippen molar-refractivity contribution in [3.8, 4) is 17.8 Å². The van der Waals surface area contributed by atoms with Crippen LogP contribution in [0.3, 0.4) is 0 Å². The third-order valence-electron chi connectivity index (χ3n) is 3.52. The lowest BCUT2D eigenvalue weighted by molar-refractivity contribution is 0.885. The Hall–Kier alpha value is -3.83. The maximum absolute atomic E-state index is 9.51. The molecule has 24 heavy (non-hydrogen) atoms. The molecule has 1 aromatic heterocycles. The topological polar surface area (TPSA) is 91.4 Å². The molecule has 0 aliphatic carbocycles. The standard InChI is InChI=1S/C19H13N5/c20-12-15(11-14-7-3-1-4-8-14)18-17(13-21)19(22)24(23-18)16-9-5-2-6-10-16/h1-11H,22H2/b15-11+. The number of rotatable bonds is 3. The van der Waals surface area contributed by atoms with Gasteiger partial charge in [-0.05, 0) is 23.8 Å². The Balaban J connectivity index is 2.16. The van der Waals surface area contributed by atoms with Crippen LogP contribution in [0.25, 0.3) is 17.3 Å². The summed E-state index contributed by atoms with van der Waals surface area (Å²) < 4.78 is 1.48. The maximum Gasteiger partial charge on any atom is 0.145 e. The van der Waals surface area contributed by atoms with E-state index in [1.807, 2.05) is 60.7 Å². The second-order valence-electron chi connectivity index (χ2n) is 5.05. The zero-order valence-electron chi connectivity index (χ0n) is 12.7. The van der Waals surface area contributed by atoms with Crippen molar-refractivity contribution in [1.29, 1.82) is 10.5 Å². The molecule has 3 rings (SSSR count). The molecule has 114 valence electrons. The van der Waals surface area contributed by atoms with E-state index < -0.39 is 0 Å². The quantitative estimate of drug-likeness (QED) is 0.750. The molecule has 0 saturated carbocycles. The second kappa shape index (κ2) is 6.51. The first-order valence-electron chi connectivity index (χ1n) is 7.26. The first-order valence-corrected chi connectivity index (χ1v) is 7.26. The van der Waals surface area contributed by atoms with E-state index in [1.54, 1.807) is 6.08 Å². The van der Waals surface area contributed by atoms with Gasteiger partial charge in [-0.1, -0.05) is 48.5 Å². The Morgan fingerprint density at radius 1 is 1.00 bits per heavy atom. The number of hydrogen-bond acceptors (Lipinski definition) is 4. The van der Waals surface area contributed by atoms with Gasteiger partial charge in [0.1, 0.15) is 29.2 Å². The average Bonchev–Trinajstić information content (AvgIpc) is 2.97. The number of hydrogen-bond donors (Lipinski definition) is 1. The van der Waals surface area contributed by atoms with Crippen molar-refractivity contribution < 1.29 is 0 Å². The van der Waals surface area contributed by atoms with Gasteiger partial charge in [0.2, 0.25) is 0 Å². The molecule has 0 saturated heterocycles. The molecule has 1 heterocycles. The van der Waals surface area contributed by atoms with Crippen LogP contribution in [0.5, 0.6) is 0 Å². The summed E-state index contributed by atoms with van der Waals surface area (Å²) in [5.41, 5.74) is 8.43. The number of nitrogens with two attached hydrogens (primary N) is 1. The minimum Gasteiger partial charge on any atom is -0.382 e. The van der Waals surface area contributed by atoms with Crippen molar-refractivity contribution in [3.63, 3.8) is 0 Å². The zero-order valence-corrected chi connectivity index (χ0v) is 12.7. The Kier molecular flexibility index (Phi) is 4.09. The van der Waals surface area contributed by atoms with Crippen LogP contribution in [0, 0.1) is 22.7 Å². The smallest absolute Gasteiger partial charge is 0.145 e. The summed E-state index contributed by atoms with van der Waals surface area (Å²) in [7, 11) is 0. The lowest BCUT2D eigenvalue weighted by Crippen LogP contribution is -2.02. The summed E-state index contributed by atoms with van der Waals surface area (Å²) >= 11 is 0. The maximum atomic E-state index is 9.51. The first kappa shape index (κ1) is 15.1. The molecule has 0 fully saturated rings. The highest BCUT2D eigenvalue weighted by Crippen LogP contribution is 2.26. The SMILES string of the molecule is N#C/C(=C\c1ccccc1)c1nn(-c2ccccc2)c(N)c1C#N. The van der Waals surface area contributed by atoms with Crippen LogP contribution < -0.4 is 5.73 Å². The fraction of sp³-hybridized carbons (Fsp3) is 0. The van der Waals surface area contributed by atoms with Gasteiger partial charge in [-0.2, -0.15) is 15.6 Å². The first-order chi connectivity index (χ1) is 11.7. The van der Waals surface area contributed by atoms with Crippen molar-refractivity contribution in [2.75, 3.05) is 5.73 Å². The lowest BCUT2D eigenvalue weighted by atomic mass is 10.1. The molecule has 0 radical (unpaired) electrons. The molecular weight excluding hydrogens is 298 g/mol. The number of benzene rings is 2. The monoisotopic (exact) mass is 311 g/mol. The Bertz CT molecular complexity index is 970. The van der Waals surface area contributed by atoms with E-state index in [9.17, 15) is 10.5 Å². The Morgan fingerprint density at radius 3 is 2.21 bits per heavy atom. The third-order valence-corrected chi connectivity index (χ3v) is 3.52. The molecule has 0 unspecified atom stereocenters. The number of para-hydroxylation sites is 1. The van der Waals surface area contributed by atoms with Gasteiger partial charge in [0.25, 0.3) is 0 Å². The van der Waals surface area contributed by atoms with Crippen LogP contribution >= 0.6 is 0 Å². The van der Waals surface area contributed by atoms with Crippen molar-refractivity contribution in [2.24, 2.45) is 0 Å². The molecule has 5 nitrogen and oxygen atoms in total. The molecule has 2 aromatic carbocycles. The Labute approximate surface area is 139 Å². The Morgan fingerprint density at radius 2 is 1.62 bits per heavy atom. The van der Waals surface area contributed by atoms with Gasteiger partial charge in [-0.15, -0.1) is 0 Å². The van der Waals surface area contributed by atoms with Crippen LogP contribution in [0.2, 0.25) is 0 Å². The van der Waals surface area contributed by atoms with E-state index in [-0.39, 0.29) is 17.1 Å². The highest BCUT2D eigenvalue weighted by atomic mass is 15.3. The molecule has 0 amide bonds. The number of anilines is 1. The van der Waals surface area contributed by atoms with Crippen molar-refractivity contribution in [3.05, 3.63) is 77.5 Å². The molecule has 0 spiro atoms. The number of allylic oxidation sites excluding steroid dienone is 1. The van der Waals surface area contributed by atoms with Gasteiger partial charge in [-0.3, -0.25) is 0 Å². The predicted molar refractivity (Wildman–Crippen MR) is 92.6 cm³/mol. The number of aromatic nitrogens is 2. The van der Waals surface area contributed by atoms with Crippen LogP contribution in [-0.2, 0) is 0 Å². The fourth-order valence-corrected chi connectivity index (χ4v) is 2.37. The summed E-state index contributed by atoms with van der Waals surface area (Å²) in [5.74, 6) is 0.216. The summed E-state index contributed by atoms with van der Waals surface area (Å²) in [4.78, 5) is 0.